The Labute approximate surface area is 109 Å². The highest BCUT2D eigenvalue weighted by Crippen LogP contribution is 2.39. The summed E-state index contributed by atoms with van der Waals surface area (Å²) >= 11 is 2.03. The third kappa shape index (κ3) is 2.45. The van der Waals surface area contributed by atoms with E-state index in [1.807, 2.05) is 11.8 Å². The van der Waals surface area contributed by atoms with Gasteiger partial charge in [-0.3, -0.25) is 0 Å². The summed E-state index contributed by atoms with van der Waals surface area (Å²) in [7, 11) is 2.18. The van der Waals surface area contributed by atoms with Crippen LogP contribution in [0.5, 0.6) is 0 Å². The molecule has 94 valence electrons. The summed E-state index contributed by atoms with van der Waals surface area (Å²) in [6, 6.07) is 8.73. The van der Waals surface area contributed by atoms with Gasteiger partial charge in [-0.25, -0.2) is 0 Å². The van der Waals surface area contributed by atoms with Crippen LogP contribution >= 0.6 is 11.8 Å². The second-order valence-corrected chi connectivity index (χ2v) is 6.58. The maximum Gasteiger partial charge on any atom is 0.0621 e. The molecule has 0 saturated carbocycles. The molecule has 1 aliphatic heterocycles. The molecular weight excluding hydrogens is 228 g/mol. The minimum Gasteiger partial charge on any atom is -0.367 e. The molecule has 1 heterocycles. The molecule has 1 aromatic rings. The predicted molar refractivity (Wildman–Crippen MR) is 77.9 cm³/mol. The van der Waals surface area contributed by atoms with Crippen molar-refractivity contribution in [2.24, 2.45) is 5.73 Å². The van der Waals surface area contributed by atoms with Crippen LogP contribution in [0.2, 0.25) is 0 Å². The smallest absolute Gasteiger partial charge is 0.0621 e. The van der Waals surface area contributed by atoms with Crippen molar-refractivity contribution in [1.82, 2.24) is 0 Å². The molecule has 2 atom stereocenters. The summed E-state index contributed by atoms with van der Waals surface area (Å²) in [6.45, 7) is 5.15. The summed E-state index contributed by atoms with van der Waals surface area (Å²) < 4.78 is 0. The number of aryl methyl sites for hydroxylation is 1. The number of hydrogen-bond donors (Lipinski definition) is 1. The monoisotopic (exact) mass is 250 g/mol. The van der Waals surface area contributed by atoms with Gasteiger partial charge in [0.2, 0.25) is 0 Å². The molecule has 0 bridgehead atoms. The molecule has 1 aromatic carbocycles. The summed E-state index contributed by atoms with van der Waals surface area (Å²) in [5.74, 6) is 1.13. The third-order valence-electron chi connectivity index (χ3n) is 3.82. The van der Waals surface area contributed by atoms with Crippen LogP contribution in [0, 0.1) is 6.92 Å². The molecule has 1 aliphatic rings. The van der Waals surface area contributed by atoms with Gasteiger partial charge < -0.3 is 10.6 Å². The van der Waals surface area contributed by atoms with E-state index >= 15 is 0 Å². The number of rotatable bonds is 3. The van der Waals surface area contributed by atoms with Crippen LogP contribution < -0.4 is 10.6 Å². The highest BCUT2D eigenvalue weighted by Gasteiger charge is 2.40. The van der Waals surface area contributed by atoms with Gasteiger partial charge in [0, 0.05) is 30.3 Å². The van der Waals surface area contributed by atoms with E-state index in [2.05, 4.69) is 50.1 Å². The molecule has 3 heteroatoms. The fraction of sp³-hybridized carbons (Fsp3) is 0.571. The van der Waals surface area contributed by atoms with Crippen molar-refractivity contribution in [3.63, 3.8) is 0 Å². The van der Waals surface area contributed by atoms with Gasteiger partial charge in [-0.1, -0.05) is 24.6 Å². The average Bonchev–Trinajstić information content (AvgIpc) is 2.72. The number of nitrogens with zero attached hydrogens (tertiary/aromatic N) is 1. The van der Waals surface area contributed by atoms with Gasteiger partial charge in [0.25, 0.3) is 0 Å². The first kappa shape index (κ1) is 12.8. The van der Waals surface area contributed by atoms with Gasteiger partial charge in [0.1, 0.15) is 0 Å². The lowest BCUT2D eigenvalue weighted by atomic mass is 9.93. The van der Waals surface area contributed by atoms with Crippen LogP contribution in [0.15, 0.2) is 24.3 Å². The van der Waals surface area contributed by atoms with Crippen LogP contribution in [-0.4, -0.2) is 30.1 Å². The van der Waals surface area contributed by atoms with Crippen molar-refractivity contribution in [3.8, 4) is 0 Å². The Hall–Kier alpha value is -0.670. The van der Waals surface area contributed by atoms with Crippen molar-refractivity contribution in [1.29, 1.82) is 0 Å². The standard InChI is InChI=1S/C14H22N2S/c1-11-4-6-13(7-5-11)16(3)14(9-15)8-12(2)17-10-14/h4-7,12H,8-10,15H2,1-3H3. The van der Waals surface area contributed by atoms with Crippen molar-refractivity contribution in [3.05, 3.63) is 29.8 Å². The minimum atomic E-state index is 0.138. The van der Waals surface area contributed by atoms with E-state index in [4.69, 9.17) is 5.73 Å². The number of likely N-dealkylation sites (N-methyl/N-ethyl adjacent to an activating group) is 1. The second kappa shape index (κ2) is 4.91. The first-order valence-corrected chi connectivity index (χ1v) is 7.24. The molecule has 2 N–H and O–H groups in total. The van der Waals surface area contributed by atoms with Gasteiger partial charge >= 0.3 is 0 Å². The van der Waals surface area contributed by atoms with E-state index in [0.717, 1.165) is 12.3 Å². The van der Waals surface area contributed by atoms with Crippen LogP contribution in [0.25, 0.3) is 0 Å². The highest BCUT2D eigenvalue weighted by atomic mass is 32.2. The largest absolute Gasteiger partial charge is 0.367 e. The van der Waals surface area contributed by atoms with Crippen LogP contribution in [0.1, 0.15) is 18.9 Å². The van der Waals surface area contributed by atoms with E-state index in [1.54, 1.807) is 0 Å². The fourth-order valence-corrected chi connectivity index (χ4v) is 3.96. The zero-order chi connectivity index (χ0) is 12.5. The van der Waals surface area contributed by atoms with Gasteiger partial charge in [0.05, 0.1) is 5.54 Å². The topological polar surface area (TPSA) is 29.3 Å². The second-order valence-electron chi connectivity index (χ2n) is 5.15. The normalized spacial score (nSPS) is 28.4. The number of thioether (sulfide) groups is 1. The molecule has 2 rings (SSSR count). The molecule has 0 aliphatic carbocycles. The molecule has 1 saturated heterocycles. The maximum atomic E-state index is 6.04. The van der Waals surface area contributed by atoms with Gasteiger partial charge in [-0.05, 0) is 25.5 Å². The minimum absolute atomic E-state index is 0.138. The Morgan fingerprint density at radius 1 is 1.41 bits per heavy atom. The van der Waals surface area contributed by atoms with Crippen molar-refractivity contribution >= 4 is 17.4 Å². The lowest BCUT2D eigenvalue weighted by Gasteiger charge is -2.39. The fourth-order valence-electron chi connectivity index (χ4n) is 2.51. The Morgan fingerprint density at radius 3 is 2.53 bits per heavy atom. The summed E-state index contributed by atoms with van der Waals surface area (Å²) in [5, 5.41) is 0.714. The van der Waals surface area contributed by atoms with E-state index < -0.39 is 0 Å². The molecule has 0 radical (unpaired) electrons. The molecule has 2 unspecified atom stereocenters. The van der Waals surface area contributed by atoms with Gasteiger partial charge in [-0.15, -0.1) is 0 Å². The molecule has 2 nitrogen and oxygen atoms in total. The first-order valence-electron chi connectivity index (χ1n) is 6.19. The van der Waals surface area contributed by atoms with Crippen LogP contribution in [0.3, 0.4) is 0 Å². The Kier molecular flexibility index (Phi) is 3.69. The summed E-state index contributed by atoms with van der Waals surface area (Å²) in [4.78, 5) is 2.38. The third-order valence-corrected chi connectivity index (χ3v) is 5.26. The van der Waals surface area contributed by atoms with Crippen molar-refractivity contribution in [2.75, 3.05) is 24.2 Å². The molecule has 0 spiro atoms. The van der Waals surface area contributed by atoms with Gasteiger partial charge in [-0.2, -0.15) is 11.8 Å². The van der Waals surface area contributed by atoms with Crippen molar-refractivity contribution in [2.45, 2.75) is 31.1 Å². The van der Waals surface area contributed by atoms with Gasteiger partial charge in [0.15, 0.2) is 0 Å². The van der Waals surface area contributed by atoms with E-state index in [1.165, 1.54) is 17.7 Å². The first-order chi connectivity index (χ1) is 8.07. The quantitative estimate of drug-likeness (QED) is 0.894. The molecule has 0 aromatic heterocycles. The lowest BCUT2D eigenvalue weighted by molar-refractivity contribution is 0.446. The highest BCUT2D eigenvalue weighted by molar-refractivity contribution is 8.00. The zero-order valence-electron chi connectivity index (χ0n) is 10.9. The van der Waals surface area contributed by atoms with E-state index in [-0.39, 0.29) is 5.54 Å². The maximum absolute atomic E-state index is 6.04. The molecule has 1 fully saturated rings. The Balaban J connectivity index is 2.23. The number of benzene rings is 1. The number of anilines is 1. The average molecular weight is 250 g/mol. The number of nitrogens with two attached hydrogens (primary N) is 1. The SMILES string of the molecule is Cc1ccc(N(C)C2(CN)CSC(C)C2)cc1. The van der Waals surface area contributed by atoms with E-state index in [0.29, 0.717) is 5.25 Å². The Bertz CT molecular complexity index is 376. The predicted octanol–water partition coefficient (Wildman–Crippen LogP) is 2.65. The lowest BCUT2D eigenvalue weighted by Crippen LogP contribution is -2.53. The summed E-state index contributed by atoms with van der Waals surface area (Å²) in [6.07, 6.45) is 1.18. The summed E-state index contributed by atoms with van der Waals surface area (Å²) in [5.41, 5.74) is 8.76. The van der Waals surface area contributed by atoms with Crippen LogP contribution in [-0.2, 0) is 0 Å². The molecule has 17 heavy (non-hydrogen) atoms. The van der Waals surface area contributed by atoms with E-state index in [9.17, 15) is 0 Å². The van der Waals surface area contributed by atoms with Crippen LogP contribution in [0.4, 0.5) is 5.69 Å². The zero-order valence-corrected chi connectivity index (χ0v) is 11.8. The molecular formula is C14H22N2S. The molecule has 0 amide bonds. The van der Waals surface area contributed by atoms with Crippen molar-refractivity contribution < 1.29 is 0 Å². The Morgan fingerprint density at radius 2 is 2.06 bits per heavy atom. The number of hydrogen-bond acceptors (Lipinski definition) is 3.